The zero-order chi connectivity index (χ0) is 33.0. The van der Waals surface area contributed by atoms with E-state index in [4.69, 9.17) is 0 Å². The quantitative estimate of drug-likeness (QED) is 0.178. The summed E-state index contributed by atoms with van der Waals surface area (Å²) in [5.41, 5.74) is 14.4. The summed E-state index contributed by atoms with van der Waals surface area (Å²) in [5.74, 6) is 0. The van der Waals surface area contributed by atoms with Gasteiger partial charge in [0.25, 0.3) is 0 Å². The molecule has 0 aliphatic heterocycles. The Kier molecular flexibility index (Phi) is 6.53. The zero-order valence-electron chi connectivity index (χ0n) is 27.4. The molecule has 0 aliphatic carbocycles. The maximum Gasteiger partial charge on any atom is 0.0541 e. The van der Waals surface area contributed by atoms with Crippen LogP contribution >= 0.6 is 0 Å². The van der Waals surface area contributed by atoms with E-state index in [1.807, 2.05) is 0 Å². The van der Waals surface area contributed by atoms with Crippen LogP contribution < -0.4 is 0 Å². The van der Waals surface area contributed by atoms with Crippen LogP contribution in [-0.2, 0) is 0 Å². The number of hydrogen-bond donors (Lipinski definition) is 0. The van der Waals surface area contributed by atoms with Crippen LogP contribution in [-0.4, -0.2) is 9.13 Å². The summed E-state index contributed by atoms with van der Waals surface area (Å²) in [7, 11) is 0. The lowest BCUT2D eigenvalue weighted by Gasteiger charge is -2.18. The second-order valence-electron chi connectivity index (χ2n) is 12.9. The van der Waals surface area contributed by atoms with E-state index in [0.717, 1.165) is 11.4 Å². The molecule has 0 unspecified atom stereocenters. The number of benzene rings is 8. The maximum atomic E-state index is 2.40. The number of aromatic nitrogens is 2. The van der Waals surface area contributed by atoms with Gasteiger partial charge in [0.1, 0.15) is 0 Å². The Hall–Kier alpha value is -6.64. The minimum atomic E-state index is 1.15. The molecule has 10 aromatic rings. The fourth-order valence-corrected chi connectivity index (χ4v) is 7.95. The Labute approximate surface area is 290 Å². The van der Waals surface area contributed by atoms with Gasteiger partial charge in [0.2, 0.25) is 0 Å². The second-order valence-corrected chi connectivity index (χ2v) is 12.9. The maximum absolute atomic E-state index is 2.40. The van der Waals surface area contributed by atoms with E-state index in [1.54, 1.807) is 0 Å². The number of para-hydroxylation sites is 4. The Morgan fingerprint density at radius 2 is 0.680 bits per heavy atom. The van der Waals surface area contributed by atoms with Crippen molar-refractivity contribution < 1.29 is 0 Å². The predicted octanol–water partition coefficient (Wildman–Crippen LogP) is 12.9. The molecular weight excluding hydrogens is 605 g/mol. The molecule has 0 amide bonds. The summed E-state index contributed by atoms with van der Waals surface area (Å²) >= 11 is 0. The lowest BCUT2D eigenvalue weighted by Crippen LogP contribution is -1.96. The smallest absolute Gasteiger partial charge is 0.0541 e. The SMILES string of the molecule is c1ccc(-c2c(-c3ccc(-n4c5ccccc5c5ccccc54)cc3)cccc2-c2cccc(-n3c4ccccc4c4ccccc43)c2)cc1. The highest BCUT2D eigenvalue weighted by molar-refractivity contribution is 6.10. The van der Waals surface area contributed by atoms with Gasteiger partial charge in [-0.1, -0.05) is 146 Å². The Morgan fingerprint density at radius 1 is 0.260 bits per heavy atom. The highest BCUT2D eigenvalue weighted by Gasteiger charge is 2.17. The van der Waals surface area contributed by atoms with E-state index in [2.05, 4.69) is 203 Å². The van der Waals surface area contributed by atoms with Crippen LogP contribution in [0.4, 0.5) is 0 Å². The van der Waals surface area contributed by atoms with Crippen molar-refractivity contribution in [3.05, 3.63) is 194 Å². The van der Waals surface area contributed by atoms with Crippen molar-refractivity contribution in [2.45, 2.75) is 0 Å². The number of nitrogens with zero attached hydrogens (tertiary/aromatic N) is 2. The van der Waals surface area contributed by atoms with Crippen molar-refractivity contribution in [3.63, 3.8) is 0 Å². The number of hydrogen-bond acceptors (Lipinski definition) is 0. The molecule has 0 saturated carbocycles. The van der Waals surface area contributed by atoms with E-state index >= 15 is 0 Å². The third kappa shape index (κ3) is 4.43. The molecule has 2 nitrogen and oxygen atoms in total. The van der Waals surface area contributed by atoms with E-state index in [-0.39, 0.29) is 0 Å². The van der Waals surface area contributed by atoms with Crippen molar-refractivity contribution in [1.82, 2.24) is 9.13 Å². The van der Waals surface area contributed by atoms with Crippen LogP contribution in [0.25, 0.3) is 88.4 Å². The van der Waals surface area contributed by atoms with E-state index < -0.39 is 0 Å². The molecule has 0 saturated heterocycles. The molecule has 0 aliphatic rings. The number of rotatable bonds is 5. The van der Waals surface area contributed by atoms with Gasteiger partial charge >= 0.3 is 0 Å². The molecule has 0 N–H and O–H groups in total. The van der Waals surface area contributed by atoms with Crippen molar-refractivity contribution in [3.8, 4) is 44.8 Å². The van der Waals surface area contributed by atoms with Gasteiger partial charge in [-0.05, 0) is 81.9 Å². The summed E-state index contributed by atoms with van der Waals surface area (Å²) in [6.45, 7) is 0. The minimum absolute atomic E-state index is 1.15. The van der Waals surface area contributed by atoms with Crippen molar-refractivity contribution in [1.29, 1.82) is 0 Å². The molecule has 2 aromatic heterocycles. The second kappa shape index (κ2) is 11.5. The van der Waals surface area contributed by atoms with Gasteiger partial charge in [-0.25, -0.2) is 0 Å². The Morgan fingerprint density at radius 3 is 1.22 bits per heavy atom. The standard InChI is InChI=1S/C48H32N2/c1-2-14-34(15-3-1)48-38(33-28-30-36(31-29-33)49-44-24-8-4-18-40(44)41-19-5-9-25-45(41)49)22-13-23-39(48)35-16-12-17-37(32-35)50-46-26-10-6-20-42(46)43-21-7-11-27-47(43)50/h1-32H. The lowest BCUT2D eigenvalue weighted by atomic mass is 9.87. The first-order valence-corrected chi connectivity index (χ1v) is 17.2. The molecule has 0 radical (unpaired) electrons. The molecule has 234 valence electrons. The van der Waals surface area contributed by atoms with Crippen LogP contribution in [0.1, 0.15) is 0 Å². The first kappa shape index (κ1) is 28.4. The van der Waals surface area contributed by atoms with Crippen molar-refractivity contribution in [2.75, 3.05) is 0 Å². The average Bonchev–Trinajstić information content (AvgIpc) is 3.71. The van der Waals surface area contributed by atoms with Gasteiger partial charge in [0.05, 0.1) is 22.1 Å². The molecule has 50 heavy (non-hydrogen) atoms. The van der Waals surface area contributed by atoms with Crippen LogP contribution in [0.15, 0.2) is 194 Å². The largest absolute Gasteiger partial charge is 0.309 e. The van der Waals surface area contributed by atoms with E-state index in [1.165, 1.54) is 77.0 Å². The fourth-order valence-electron chi connectivity index (χ4n) is 7.95. The fraction of sp³-hybridized carbons (Fsp3) is 0. The Bertz CT molecular complexity index is 2750. The van der Waals surface area contributed by atoms with Crippen molar-refractivity contribution >= 4 is 43.6 Å². The highest BCUT2D eigenvalue weighted by atomic mass is 15.0. The molecule has 0 spiro atoms. The molecule has 2 heteroatoms. The van der Waals surface area contributed by atoms with Gasteiger partial charge in [-0.3, -0.25) is 0 Å². The third-order valence-electron chi connectivity index (χ3n) is 10.1. The Balaban J connectivity index is 1.14. The zero-order valence-corrected chi connectivity index (χ0v) is 27.4. The van der Waals surface area contributed by atoms with Gasteiger partial charge in [0, 0.05) is 32.9 Å². The normalized spacial score (nSPS) is 11.6. The van der Waals surface area contributed by atoms with E-state index in [9.17, 15) is 0 Å². The molecular formula is C48H32N2. The average molecular weight is 637 g/mol. The molecule has 0 atom stereocenters. The van der Waals surface area contributed by atoms with Gasteiger partial charge in [-0.2, -0.15) is 0 Å². The first-order valence-electron chi connectivity index (χ1n) is 17.2. The van der Waals surface area contributed by atoms with Gasteiger partial charge in [0.15, 0.2) is 0 Å². The van der Waals surface area contributed by atoms with E-state index in [0.29, 0.717) is 0 Å². The first-order chi connectivity index (χ1) is 24.8. The van der Waals surface area contributed by atoms with Crippen LogP contribution in [0.5, 0.6) is 0 Å². The van der Waals surface area contributed by atoms with Gasteiger partial charge in [-0.15, -0.1) is 0 Å². The predicted molar refractivity (Wildman–Crippen MR) is 211 cm³/mol. The molecule has 10 rings (SSSR count). The number of fused-ring (bicyclic) bond motifs is 6. The lowest BCUT2D eigenvalue weighted by molar-refractivity contribution is 1.18. The summed E-state index contributed by atoms with van der Waals surface area (Å²) in [6, 6.07) is 70.4. The summed E-state index contributed by atoms with van der Waals surface area (Å²) in [5, 5.41) is 5.08. The monoisotopic (exact) mass is 636 g/mol. The van der Waals surface area contributed by atoms with Crippen LogP contribution in [0.2, 0.25) is 0 Å². The molecule has 0 fully saturated rings. The van der Waals surface area contributed by atoms with Crippen molar-refractivity contribution in [2.24, 2.45) is 0 Å². The van der Waals surface area contributed by atoms with Gasteiger partial charge < -0.3 is 9.13 Å². The summed E-state index contributed by atoms with van der Waals surface area (Å²) < 4.78 is 4.77. The van der Waals surface area contributed by atoms with Crippen LogP contribution in [0, 0.1) is 0 Å². The molecule has 8 aromatic carbocycles. The third-order valence-corrected chi connectivity index (χ3v) is 10.1. The molecule has 2 heterocycles. The highest BCUT2D eigenvalue weighted by Crippen LogP contribution is 2.42. The van der Waals surface area contributed by atoms with Crippen LogP contribution in [0.3, 0.4) is 0 Å². The summed E-state index contributed by atoms with van der Waals surface area (Å²) in [6.07, 6.45) is 0. The minimum Gasteiger partial charge on any atom is -0.309 e. The molecule has 0 bridgehead atoms. The summed E-state index contributed by atoms with van der Waals surface area (Å²) in [4.78, 5) is 0. The topological polar surface area (TPSA) is 9.86 Å².